The number of rotatable bonds is 3. The molecule has 0 spiro atoms. The van der Waals surface area contributed by atoms with Crippen LogP contribution in [0, 0.1) is 5.82 Å². The Labute approximate surface area is 97.9 Å². The minimum atomic E-state index is -0.370. The Balaban J connectivity index is 2.68. The molecule has 0 radical (unpaired) electrons. The van der Waals surface area contributed by atoms with E-state index in [9.17, 15) is 9.18 Å². The largest absolute Gasteiger partial charge is 0.481 e. The van der Waals surface area contributed by atoms with E-state index in [1.807, 2.05) is 0 Å². The highest BCUT2D eigenvalue weighted by atomic mass is 19.1. The Bertz CT molecular complexity index is 555. The van der Waals surface area contributed by atoms with Crippen LogP contribution in [0.3, 0.4) is 0 Å². The summed E-state index contributed by atoms with van der Waals surface area (Å²) < 4.78 is 18.3. The maximum atomic E-state index is 13.2. The molecule has 0 saturated heterocycles. The van der Waals surface area contributed by atoms with Gasteiger partial charge in [0.2, 0.25) is 5.88 Å². The third kappa shape index (κ3) is 2.15. The van der Waals surface area contributed by atoms with Crippen LogP contribution in [0.1, 0.15) is 10.4 Å². The topological polar surface area (TPSA) is 39.2 Å². The predicted molar refractivity (Wildman–Crippen MR) is 61.6 cm³/mol. The first-order chi connectivity index (χ1) is 8.26. The van der Waals surface area contributed by atoms with Gasteiger partial charge < -0.3 is 4.74 Å². The van der Waals surface area contributed by atoms with Crippen LogP contribution in [0.2, 0.25) is 0 Å². The number of aldehydes is 1. The lowest BCUT2D eigenvalue weighted by atomic mass is 10.0. The molecular weight excluding hydrogens is 221 g/mol. The van der Waals surface area contributed by atoms with Crippen LogP contribution in [-0.4, -0.2) is 18.4 Å². The van der Waals surface area contributed by atoms with Crippen LogP contribution in [0.5, 0.6) is 5.88 Å². The SMILES string of the molecule is COc1nccc(C=O)c1-c1cccc(F)c1. The Kier molecular flexibility index (Phi) is 3.14. The minimum absolute atomic E-state index is 0.306. The molecule has 2 rings (SSSR count). The van der Waals surface area contributed by atoms with Gasteiger partial charge in [-0.2, -0.15) is 0 Å². The molecule has 0 unspecified atom stereocenters. The molecule has 0 saturated carbocycles. The van der Waals surface area contributed by atoms with Crippen LogP contribution in [-0.2, 0) is 0 Å². The summed E-state index contributed by atoms with van der Waals surface area (Å²) in [4.78, 5) is 15.0. The van der Waals surface area contributed by atoms with Crippen molar-refractivity contribution in [2.45, 2.75) is 0 Å². The number of aromatic nitrogens is 1. The van der Waals surface area contributed by atoms with Crippen molar-refractivity contribution in [1.82, 2.24) is 4.98 Å². The summed E-state index contributed by atoms with van der Waals surface area (Å²) in [6.07, 6.45) is 2.18. The minimum Gasteiger partial charge on any atom is -0.481 e. The zero-order valence-electron chi connectivity index (χ0n) is 9.18. The van der Waals surface area contributed by atoms with Gasteiger partial charge in [-0.15, -0.1) is 0 Å². The Morgan fingerprint density at radius 1 is 1.35 bits per heavy atom. The van der Waals surface area contributed by atoms with Gasteiger partial charge in [-0.3, -0.25) is 4.79 Å². The van der Waals surface area contributed by atoms with E-state index >= 15 is 0 Å². The van der Waals surface area contributed by atoms with Gasteiger partial charge in [-0.1, -0.05) is 12.1 Å². The molecule has 17 heavy (non-hydrogen) atoms. The van der Waals surface area contributed by atoms with Crippen LogP contribution in [0.25, 0.3) is 11.1 Å². The second-order valence-corrected chi connectivity index (χ2v) is 3.41. The molecule has 2 aromatic rings. The van der Waals surface area contributed by atoms with E-state index in [-0.39, 0.29) is 5.82 Å². The van der Waals surface area contributed by atoms with Gasteiger partial charge in [0.05, 0.1) is 12.7 Å². The van der Waals surface area contributed by atoms with E-state index < -0.39 is 0 Å². The van der Waals surface area contributed by atoms with Crippen LogP contribution >= 0.6 is 0 Å². The predicted octanol–water partition coefficient (Wildman–Crippen LogP) is 2.71. The van der Waals surface area contributed by atoms with Crippen LogP contribution in [0.15, 0.2) is 36.5 Å². The summed E-state index contributed by atoms with van der Waals surface area (Å²) in [6.45, 7) is 0. The molecule has 0 N–H and O–H groups in total. The van der Waals surface area contributed by atoms with Crippen LogP contribution < -0.4 is 4.74 Å². The third-order valence-electron chi connectivity index (χ3n) is 2.38. The second-order valence-electron chi connectivity index (χ2n) is 3.41. The van der Waals surface area contributed by atoms with Crippen molar-refractivity contribution in [3.63, 3.8) is 0 Å². The average Bonchev–Trinajstić information content (AvgIpc) is 2.37. The summed E-state index contributed by atoms with van der Waals surface area (Å²) >= 11 is 0. The van der Waals surface area contributed by atoms with Crippen molar-refractivity contribution >= 4 is 6.29 Å². The number of hydrogen-bond donors (Lipinski definition) is 0. The van der Waals surface area contributed by atoms with E-state index in [1.54, 1.807) is 18.2 Å². The molecule has 0 bridgehead atoms. The van der Waals surface area contributed by atoms with Crippen LogP contribution in [0.4, 0.5) is 4.39 Å². The highest BCUT2D eigenvalue weighted by molar-refractivity contribution is 5.89. The number of hydrogen-bond acceptors (Lipinski definition) is 3. The van der Waals surface area contributed by atoms with E-state index in [0.717, 1.165) is 0 Å². The first-order valence-corrected chi connectivity index (χ1v) is 5.00. The molecular formula is C13H10FNO2. The molecule has 1 heterocycles. The molecule has 0 aliphatic carbocycles. The number of pyridine rings is 1. The molecule has 0 atom stereocenters. The fourth-order valence-corrected chi connectivity index (χ4v) is 1.64. The molecule has 0 amide bonds. The normalized spacial score (nSPS) is 10.0. The third-order valence-corrected chi connectivity index (χ3v) is 2.38. The summed E-state index contributed by atoms with van der Waals surface area (Å²) in [5.41, 5.74) is 1.49. The number of halogens is 1. The van der Waals surface area contributed by atoms with Crippen molar-refractivity contribution in [2.75, 3.05) is 7.11 Å². The van der Waals surface area contributed by atoms with Gasteiger partial charge >= 0.3 is 0 Å². The van der Waals surface area contributed by atoms with Crippen molar-refractivity contribution in [3.8, 4) is 17.0 Å². The van der Waals surface area contributed by atoms with Gasteiger partial charge in [0.15, 0.2) is 6.29 Å². The molecule has 0 aliphatic rings. The lowest BCUT2D eigenvalue weighted by molar-refractivity contribution is 0.112. The lowest BCUT2D eigenvalue weighted by Gasteiger charge is -2.09. The summed E-state index contributed by atoms with van der Waals surface area (Å²) in [5.74, 6) is -0.0644. The van der Waals surface area contributed by atoms with Crippen molar-refractivity contribution < 1.29 is 13.9 Å². The van der Waals surface area contributed by atoms with Gasteiger partial charge in [0, 0.05) is 11.8 Å². The van der Waals surface area contributed by atoms with E-state index in [4.69, 9.17) is 4.74 Å². The summed E-state index contributed by atoms with van der Waals surface area (Å²) in [5, 5.41) is 0. The zero-order valence-corrected chi connectivity index (χ0v) is 9.18. The number of ether oxygens (including phenoxy) is 1. The number of carbonyl (C=O) groups is 1. The molecule has 86 valence electrons. The number of benzene rings is 1. The van der Waals surface area contributed by atoms with Crippen molar-refractivity contribution in [1.29, 1.82) is 0 Å². The van der Waals surface area contributed by atoms with E-state index in [1.165, 1.54) is 25.4 Å². The molecule has 0 aliphatic heterocycles. The number of carbonyl (C=O) groups excluding carboxylic acids is 1. The van der Waals surface area contributed by atoms with Crippen molar-refractivity contribution in [3.05, 3.63) is 47.9 Å². The standard InChI is InChI=1S/C13H10FNO2/c1-17-13-12(10(8-16)5-6-15-13)9-3-2-4-11(14)7-9/h2-8H,1H3. The molecule has 1 aromatic heterocycles. The zero-order chi connectivity index (χ0) is 12.3. The smallest absolute Gasteiger partial charge is 0.221 e. The Morgan fingerprint density at radius 3 is 2.82 bits per heavy atom. The van der Waals surface area contributed by atoms with Gasteiger partial charge in [-0.25, -0.2) is 9.37 Å². The van der Waals surface area contributed by atoms with Gasteiger partial charge in [0.25, 0.3) is 0 Å². The molecule has 1 aromatic carbocycles. The monoisotopic (exact) mass is 231 g/mol. The summed E-state index contributed by atoms with van der Waals surface area (Å²) in [6, 6.07) is 7.52. The number of nitrogens with zero attached hydrogens (tertiary/aromatic N) is 1. The van der Waals surface area contributed by atoms with Gasteiger partial charge in [0.1, 0.15) is 5.82 Å². The lowest BCUT2D eigenvalue weighted by Crippen LogP contribution is -1.96. The van der Waals surface area contributed by atoms with E-state index in [0.29, 0.717) is 28.9 Å². The molecule has 0 fully saturated rings. The molecule has 3 nitrogen and oxygen atoms in total. The Morgan fingerprint density at radius 2 is 2.18 bits per heavy atom. The van der Waals surface area contributed by atoms with Gasteiger partial charge in [-0.05, 0) is 23.8 Å². The maximum Gasteiger partial charge on any atom is 0.221 e. The summed E-state index contributed by atoms with van der Waals surface area (Å²) in [7, 11) is 1.46. The highest BCUT2D eigenvalue weighted by Crippen LogP contribution is 2.30. The number of methoxy groups -OCH3 is 1. The molecule has 4 heteroatoms. The fourth-order valence-electron chi connectivity index (χ4n) is 1.64. The second kappa shape index (κ2) is 4.74. The highest BCUT2D eigenvalue weighted by Gasteiger charge is 2.12. The van der Waals surface area contributed by atoms with Crippen molar-refractivity contribution in [2.24, 2.45) is 0 Å². The average molecular weight is 231 g/mol. The quantitative estimate of drug-likeness (QED) is 0.762. The fraction of sp³-hybridized carbons (Fsp3) is 0.0769. The van der Waals surface area contributed by atoms with E-state index in [2.05, 4.69) is 4.98 Å². The first kappa shape index (κ1) is 11.3. The first-order valence-electron chi connectivity index (χ1n) is 5.00. The maximum absolute atomic E-state index is 13.2. The Hall–Kier alpha value is -2.23.